The molecule has 0 aliphatic heterocycles. The average molecular weight is 363 g/mol. The highest BCUT2D eigenvalue weighted by Gasteiger charge is 2.49. The van der Waals surface area contributed by atoms with E-state index >= 15 is 0 Å². The van der Waals surface area contributed by atoms with Crippen molar-refractivity contribution in [3.63, 3.8) is 0 Å². The summed E-state index contributed by atoms with van der Waals surface area (Å²) in [7, 11) is 0. The maximum Gasteiger partial charge on any atom is 0.309 e. The van der Waals surface area contributed by atoms with Crippen molar-refractivity contribution in [2.75, 3.05) is 0 Å². The fraction of sp³-hybridized carbons (Fsp3) is 0.348. The van der Waals surface area contributed by atoms with Gasteiger partial charge in [-0.05, 0) is 75.9 Å². The van der Waals surface area contributed by atoms with E-state index in [0.29, 0.717) is 6.42 Å². The van der Waals surface area contributed by atoms with Gasteiger partial charge in [-0.3, -0.25) is 4.79 Å². The van der Waals surface area contributed by atoms with Crippen LogP contribution in [0.3, 0.4) is 0 Å². The Hall–Kier alpha value is -2.75. The Morgan fingerprint density at radius 2 is 1.93 bits per heavy atom. The van der Waals surface area contributed by atoms with Gasteiger partial charge >= 0.3 is 5.97 Å². The smallest absolute Gasteiger partial charge is 0.309 e. The van der Waals surface area contributed by atoms with Crippen LogP contribution < -0.4 is 4.74 Å². The van der Waals surface area contributed by atoms with Crippen LogP contribution in [0.2, 0.25) is 0 Å². The molecule has 1 aliphatic carbocycles. The van der Waals surface area contributed by atoms with Crippen molar-refractivity contribution in [3.05, 3.63) is 54.1 Å². The number of aromatic amines is 1. The molecule has 140 valence electrons. The summed E-state index contributed by atoms with van der Waals surface area (Å²) in [6, 6.07) is 16.4. The molecule has 0 saturated heterocycles. The first-order valence-corrected chi connectivity index (χ1v) is 9.39. The number of hydrogen-bond donors (Lipinski definition) is 2. The number of nitrogens with one attached hydrogen (secondary N) is 1. The number of aliphatic carboxylic acids is 1. The van der Waals surface area contributed by atoms with Gasteiger partial charge in [0, 0.05) is 22.2 Å². The Balaban J connectivity index is 1.62. The molecule has 1 aliphatic rings. The van der Waals surface area contributed by atoms with Crippen molar-refractivity contribution in [1.82, 2.24) is 4.98 Å². The number of ether oxygens (including phenoxy) is 1. The van der Waals surface area contributed by atoms with Crippen molar-refractivity contribution in [1.29, 1.82) is 0 Å². The number of hydrogen-bond acceptors (Lipinski definition) is 2. The van der Waals surface area contributed by atoms with Crippen LogP contribution in [0.5, 0.6) is 5.75 Å². The molecule has 0 radical (unpaired) electrons. The predicted molar refractivity (Wildman–Crippen MR) is 107 cm³/mol. The summed E-state index contributed by atoms with van der Waals surface area (Å²) >= 11 is 0. The molecule has 3 aromatic rings. The molecule has 0 bridgehead atoms. The zero-order chi connectivity index (χ0) is 19.2. The lowest BCUT2D eigenvalue weighted by Crippen LogP contribution is -2.22. The standard InChI is InChI=1S/C23H25NO3/c1-22(2,3)27-18-6-4-5-16(12-18)20-13-17-11-15(7-8-19(17)24-20)14-23(9-10-23)21(25)26/h4-8,11-13,24H,9-10,14H2,1-3H3,(H,25,26). The Bertz CT molecular complexity index is 1010. The first-order chi connectivity index (χ1) is 12.7. The van der Waals surface area contributed by atoms with E-state index in [0.717, 1.165) is 46.3 Å². The van der Waals surface area contributed by atoms with Gasteiger partial charge in [0.1, 0.15) is 11.4 Å². The van der Waals surface area contributed by atoms with Gasteiger partial charge in [-0.1, -0.05) is 18.2 Å². The number of H-pyrrole nitrogens is 1. The Labute approximate surface area is 159 Å². The quantitative estimate of drug-likeness (QED) is 0.636. The van der Waals surface area contributed by atoms with Gasteiger partial charge in [0.2, 0.25) is 0 Å². The van der Waals surface area contributed by atoms with Crippen molar-refractivity contribution in [2.45, 2.75) is 45.6 Å². The molecule has 1 aromatic heterocycles. The number of carboxylic acid groups (broad SMARTS) is 1. The summed E-state index contributed by atoms with van der Waals surface area (Å²) in [6.07, 6.45) is 2.16. The zero-order valence-electron chi connectivity index (χ0n) is 16.0. The van der Waals surface area contributed by atoms with Crippen LogP contribution in [-0.2, 0) is 11.2 Å². The van der Waals surface area contributed by atoms with Crippen LogP contribution >= 0.6 is 0 Å². The zero-order valence-corrected chi connectivity index (χ0v) is 16.0. The second-order valence-electron chi connectivity index (χ2n) is 8.61. The molecule has 1 heterocycles. The van der Waals surface area contributed by atoms with Gasteiger partial charge in [-0.2, -0.15) is 0 Å². The summed E-state index contributed by atoms with van der Waals surface area (Å²) in [5.74, 6) is 0.171. The van der Waals surface area contributed by atoms with Crippen molar-refractivity contribution in [2.24, 2.45) is 5.41 Å². The van der Waals surface area contributed by atoms with E-state index in [4.69, 9.17) is 4.74 Å². The monoisotopic (exact) mass is 363 g/mol. The first-order valence-electron chi connectivity index (χ1n) is 9.39. The molecule has 4 nitrogen and oxygen atoms in total. The first kappa shape index (κ1) is 17.7. The van der Waals surface area contributed by atoms with Crippen LogP contribution in [0.25, 0.3) is 22.2 Å². The van der Waals surface area contributed by atoms with Gasteiger partial charge in [0.15, 0.2) is 0 Å². The second kappa shape index (κ2) is 6.15. The van der Waals surface area contributed by atoms with E-state index in [1.165, 1.54) is 0 Å². The topological polar surface area (TPSA) is 62.3 Å². The Kier molecular flexibility index (Phi) is 4.02. The van der Waals surface area contributed by atoms with Crippen molar-refractivity contribution in [3.8, 4) is 17.0 Å². The molecule has 2 N–H and O–H groups in total. The van der Waals surface area contributed by atoms with Gasteiger partial charge in [0.25, 0.3) is 0 Å². The number of aromatic nitrogens is 1. The fourth-order valence-electron chi connectivity index (χ4n) is 3.54. The largest absolute Gasteiger partial charge is 0.488 e. The minimum absolute atomic E-state index is 0.239. The third-order valence-corrected chi connectivity index (χ3v) is 5.10. The molecule has 1 saturated carbocycles. The minimum Gasteiger partial charge on any atom is -0.488 e. The molecule has 4 rings (SSSR count). The van der Waals surface area contributed by atoms with E-state index in [1.54, 1.807) is 0 Å². The fourth-order valence-corrected chi connectivity index (χ4v) is 3.54. The van der Waals surface area contributed by atoms with Crippen LogP contribution in [0, 0.1) is 5.41 Å². The summed E-state index contributed by atoms with van der Waals surface area (Å²) in [5, 5.41) is 10.5. The van der Waals surface area contributed by atoms with Crippen LogP contribution in [-0.4, -0.2) is 21.7 Å². The lowest BCUT2D eigenvalue weighted by Gasteiger charge is -2.21. The number of carboxylic acids is 1. The van der Waals surface area contributed by atoms with Gasteiger partial charge < -0.3 is 14.8 Å². The molecule has 0 atom stereocenters. The van der Waals surface area contributed by atoms with Gasteiger partial charge in [-0.25, -0.2) is 0 Å². The minimum atomic E-state index is -0.673. The molecule has 27 heavy (non-hydrogen) atoms. The predicted octanol–water partition coefficient (Wildman–Crippen LogP) is 5.42. The highest BCUT2D eigenvalue weighted by Crippen LogP contribution is 2.48. The maximum atomic E-state index is 11.5. The molecular weight excluding hydrogens is 338 g/mol. The third-order valence-electron chi connectivity index (χ3n) is 5.10. The van der Waals surface area contributed by atoms with Gasteiger partial charge in [0.05, 0.1) is 5.41 Å². The van der Waals surface area contributed by atoms with E-state index in [9.17, 15) is 9.90 Å². The lowest BCUT2D eigenvalue weighted by molar-refractivity contribution is -0.143. The summed E-state index contributed by atoms with van der Waals surface area (Å²) in [6.45, 7) is 6.11. The Morgan fingerprint density at radius 3 is 2.59 bits per heavy atom. The normalized spacial score (nSPS) is 15.7. The summed E-state index contributed by atoms with van der Waals surface area (Å²) in [4.78, 5) is 14.9. The number of benzene rings is 2. The van der Waals surface area contributed by atoms with Crippen molar-refractivity contribution >= 4 is 16.9 Å². The molecular formula is C23H25NO3. The van der Waals surface area contributed by atoms with E-state index in [1.807, 2.05) is 51.1 Å². The van der Waals surface area contributed by atoms with E-state index in [2.05, 4.69) is 23.2 Å². The van der Waals surface area contributed by atoms with Crippen LogP contribution in [0.4, 0.5) is 0 Å². The molecule has 1 fully saturated rings. The highest BCUT2D eigenvalue weighted by molar-refractivity contribution is 5.87. The van der Waals surface area contributed by atoms with Crippen LogP contribution in [0.15, 0.2) is 48.5 Å². The Morgan fingerprint density at radius 1 is 1.15 bits per heavy atom. The lowest BCUT2D eigenvalue weighted by atomic mass is 9.96. The molecule has 4 heteroatoms. The molecule has 0 spiro atoms. The second-order valence-corrected chi connectivity index (χ2v) is 8.61. The number of rotatable bonds is 5. The summed E-state index contributed by atoms with van der Waals surface area (Å²) in [5.41, 5.74) is 3.45. The third kappa shape index (κ3) is 3.70. The van der Waals surface area contributed by atoms with E-state index < -0.39 is 11.4 Å². The molecule has 0 unspecified atom stereocenters. The average Bonchev–Trinajstić information content (AvgIpc) is 3.24. The summed E-state index contributed by atoms with van der Waals surface area (Å²) < 4.78 is 5.97. The van der Waals surface area contributed by atoms with E-state index in [-0.39, 0.29) is 5.60 Å². The number of fused-ring (bicyclic) bond motifs is 1. The number of carbonyl (C=O) groups is 1. The van der Waals surface area contributed by atoms with Crippen LogP contribution in [0.1, 0.15) is 39.2 Å². The molecule has 2 aromatic carbocycles. The SMILES string of the molecule is CC(C)(C)Oc1cccc(-c2cc3cc(CC4(C(=O)O)CC4)ccc3[nH]2)c1. The highest BCUT2D eigenvalue weighted by atomic mass is 16.5. The van der Waals surface area contributed by atoms with Crippen molar-refractivity contribution < 1.29 is 14.6 Å². The van der Waals surface area contributed by atoms with Gasteiger partial charge in [-0.15, -0.1) is 0 Å². The maximum absolute atomic E-state index is 11.5. The molecule has 0 amide bonds.